The number of hydrogen-bond acceptors (Lipinski definition) is 3. The van der Waals surface area contributed by atoms with Gasteiger partial charge in [-0.2, -0.15) is 0 Å². The van der Waals surface area contributed by atoms with E-state index in [0.717, 1.165) is 16.5 Å². The van der Waals surface area contributed by atoms with Crippen molar-refractivity contribution in [1.29, 1.82) is 0 Å². The van der Waals surface area contributed by atoms with E-state index < -0.39 is 10.0 Å². The molecule has 2 aromatic rings. The molecular formula is C16H21N3O3S. The second kappa shape index (κ2) is 6.33. The van der Waals surface area contributed by atoms with E-state index in [0.29, 0.717) is 32.4 Å². The molecule has 0 radical (unpaired) electrons. The minimum atomic E-state index is -3.18. The van der Waals surface area contributed by atoms with Crippen LogP contribution in [0.25, 0.3) is 10.9 Å². The van der Waals surface area contributed by atoms with E-state index in [9.17, 15) is 13.2 Å². The van der Waals surface area contributed by atoms with E-state index in [2.05, 4.69) is 9.71 Å². The van der Waals surface area contributed by atoms with E-state index in [1.54, 1.807) is 0 Å². The number of rotatable bonds is 4. The zero-order valence-corrected chi connectivity index (χ0v) is 13.9. The maximum atomic E-state index is 12.5. The van der Waals surface area contributed by atoms with Crippen LogP contribution in [-0.2, 0) is 21.2 Å². The summed E-state index contributed by atoms with van der Waals surface area (Å²) in [6.45, 7) is 1.18. The quantitative estimate of drug-likeness (QED) is 0.882. The van der Waals surface area contributed by atoms with Crippen molar-refractivity contribution in [2.24, 2.45) is 0 Å². The van der Waals surface area contributed by atoms with Crippen LogP contribution in [0.15, 0.2) is 30.5 Å². The number of carbonyl (C=O) groups is 1. The number of carbonyl (C=O) groups excluding carboxylic acids is 1. The monoisotopic (exact) mass is 335 g/mol. The zero-order chi connectivity index (χ0) is 16.4. The second-order valence-corrected chi connectivity index (χ2v) is 7.86. The Kier molecular flexibility index (Phi) is 4.41. The van der Waals surface area contributed by atoms with Crippen molar-refractivity contribution in [3.05, 3.63) is 36.0 Å². The van der Waals surface area contributed by atoms with Crippen molar-refractivity contribution in [1.82, 2.24) is 14.6 Å². The SMILES string of the molecule is CS(=O)(=O)NC1CCN(C(=O)Cc2c[nH]c3ccccc23)CC1. The maximum Gasteiger partial charge on any atom is 0.227 e. The minimum absolute atomic E-state index is 0.0675. The smallest absolute Gasteiger partial charge is 0.227 e. The first-order valence-corrected chi connectivity index (χ1v) is 9.61. The standard InChI is InChI=1S/C16H21N3O3S/c1-23(21,22)18-13-6-8-19(9-7-13)16(20)10-12-11-17-15-5-3-2-4-14(12)15/h2-5,11,13,17-18H,6-10H2,1H3. The van der Waals surface area contributed by atoms with Crippen LogP contribution in [0.5, 0.6) is 0 Å². The molecule has 0 spiro atoms. The van der Waals surface area contributed by atoms with Crippen molar-refractivity contribution in [3.8, 4) is 0 Å². The Hall–Kier alpha value is -1.86. The fourth-order valence-electron chi connectivity index (χ4n) is 3.10. The van der Waals surface area contributed by atoms with Crippen LogP contribution in [0.4, 0.5) is 0 Å². The van der Waals surface area contributed by atoms with Gasteiger partial charge in [-0.05, 0) is 24.5 Å². The third-order valence-electron chi connectivity index (χ3n) is 4.25. The molecule has 1 aliphatic rings. The predicted molar refractivity (Wildman–Crippen MR) is 89.6 cm³/mol. The van der Waals surface area contributed by atoms with Gasteiger partial charge >= 0.3 is 0 Å². The number of aromatic amines is 1. The molecule has 1 saturated heterocycles. The molecule has 0 atom stereocenters. The molecule has 1 aromatic carbocycles. The number of amides is 1. The average Bonchev–Trinajstić information content (AvgIpc) is 2.90. The molecule has 0 bridgehead atoms. The molecular weight excluding hydrogens is 314 g/mol. The van der Waals surface area contributed by atoms with Gasteiger partial charge < -0.3 is 9.88 Å². The normalized spacial score (nSPS) is 16.8. The summed E-state index contributed by atoms with van der Waals surface area (Å²) in [4.78, 5) is 17.5. The lowest BCUT2D eigenvalue weighted by atomic mass is 10.0. The zero-order valence-electron chi connectivity index (χ0n) is 13.1. The summed E-state index contributed by atoms with van der Waals surface area (Å²) >= 11 is 0. The molecule has 23 heavy (non-hydrogen) atoms. The summed E-state index contributed by atoms with van der Waals surface area (Å²) < 4.78 is 25.1. The van der Waals surface area contributed by atoms with Crippen molar-refractivity contribution in [2.45, 2.75) is 25.3 Å². The van der Waals surface area contributed by atoms with E-state index in [4.69, 9.17) is 0 Å². The molecule has 1 amide bonds. The van der Waals surface area contributed by atoms with Crippen LogP contribution in [0.1, 0.15) is 18.4 Å². The van der Waals surface area contributed by atoms with Crippen LogP contribution in [-0.4, -0.2) is 49.6 Å². The Bertz CT molecular complexity index is 805. The number of sulfonamides is 1. The fraction of sp³-hybridized carbons (Fsp3) is 0.438. The summed E-state index contributed by atoms with van der Waals surface area (Å²) in [5.74, 6) is 0.0903. The third-order valence-corrected chi connectivity index (χ3v) is 5.01. The van der Waals surface area contributed by atoms with Crippen molar-refractivity contribution in [2.75, 3.05) is 19.3 Å². The highest BCUT2D eigenvalue weighted by Gasteiger charge is 2.24. The Morgan fingerprint density at radius 3 is 2.70 bits per heavy atom. The highest BCUT2D eigenvalue weighted by atomic mass is 32.2. The highest BCUT2D eigenvalue weighted by molar-refractivity contribution is 7.88. The Balaban J connectivity index is 1.60. The van der Waals surface area contributed by atoms with E-state index in [-0.39, 0.29) is 11.9 Å². The number of nitrogens with one attached hydrogen (secondary N) is 2. The van der Waals surface area contributed by atoms with Crippen molar-refractivity contribution < 1.29 is 13.2 Å². The first-order chi connectivity index (χ1) is 10.9. The Labute approximate surface area is 135 Å². The van der Waals surface area contributed by atoms with E-state index in [1.165, 1.54) is 6.26 Å². The molecule has 3 rings (SSSR count). The lowest BCUT2D eigenvalue weighted by molar-refractivity contribution is -0.131. The lowest BCUT2D eigenvalue weighted by Crippen LogP contribution is -2.46. The molecule has 1 fully saturated rings. The molecule has 7 heteroatoms. The fourth-order valence-corrected chi connectivity index (χ4v) is 3.94. The molecule has 2 heterocycles. The van der Waals surface area contributed by atoms with Gasteiger partial charge in [0, 0.05) is 36.2 Å². The predicted octanol–water partition coefficient (Wildman–Crippen LogP) is 1.25. The molecule has 0 saturated carbocycles. The summed E-state index contributed by atoms with van der Waals surface area (Å²) in [7, 11) is -3.18. The lowest BCUT2D eigenvalue weighted by Gasteiger charge is -2.32. The Morgan fingerprint density at radius 1 is 1.30 bits per heavy atom. The van der Waals surface area contributed by atoms with Gasteiger partial charge in [-0.1, -0.05) is 18.2 Å². The summed E-state index contributed by atoms with van der Waals surface area (Å²) in [5, 5.41) is 1.08. The molecule has 6 nitrogen and oxygen atoms in total. The number of H-pyrrole nitrogens is 1. The van der Waals surface area contributed by atoms with Crippen LogP contribution in [0.3, 0.4) is 0 Å². The number of likely N-dealkylation sites (tertiary alicyclic amines) is 1. The van der Waals surface area contributed by atoms with Crippen molar-refractivity contribution in [3.63, 3.8) is 0 Å². The second-order valence-electron chi connectivity index (χ2n) is 6.08. The number of nitrogens with zero attached hydrogens (tertiary/aromatic N) is 1. The number of benzene rings is 1. The topological polar surface area (TPSA) is 82.3 Å². The van der Waals surface area contributed by atoms with Gasteiger partial charge in [0.15, 0.2) is 0 Å². The molecule has 124 valence electrons. The number of hydrogen-bond donors (Lipinski definition) is 2. The van der Waals surface area contributed by atoms with Gasteiger partial charge in [-0.15, -0.1) is 0 Å². The largest absolute Gasteiger partial charge is 0.361 e. The number of fused-ring (bicyclic) bond motifs is 1. The highest BCUT2D eigenvalue weighted by Crippen LogP contribution is 2.20. The van der Waals surface area contributed by atoms with Gasteiger partial charge in [0.05, 0.1) is 12.7 Å². The van der Waals surface area contributed by atoms with E-state index >= 15 is 0 Å². The van der Waals surface area contributed by atoms with Gasteiger partial charge in [0.1, 0.15) is 0 Å². The average molecular weight is 335 g/mol. The van der Waals surface area contributed by atoms with E-state index in [1.807, 2.05) is 35.4 Å². The molecule has 1 aliphatic heterocycles. The van der Waals surface area contributed by atoms with Crippen LogP contribution < -0.4 is 4.72 Å². The molecule has 0 unspecified atom stereocenters. The summed E-state index contributed by atoms with van der Waals surface area (Å²) in [6.07, 6.45) is 4.75. The number of para-hydroxylation sites is 1. The number of aromatic nitrogens is 1. The van der Waals surface area contributed by atoms with Gasteiger partial charge in [0.25, 0.3) is 0 Å². The number of piperidine rings is 1. The first-order valence-electron chi connectivity index (χ1n) is 7.72. The maximum absolute atomic E-state index is 12.5. The Morgan fingerprint density at radius 2 is 2.00 bits per heavy atom. The summed E-state index contributed by atoms with van der Waals surface area (Å²) in [5.41, 5.74) is 2.04. The van der Waals surface area contributed by atoms with Gasteiger partial charge in [-0.25, -0.2) is 13.1 Å². The van der Waals surface area contributed by atoms with Crippen LogP contribution >= 0.6 is 0 Å². The molecule has 2 N–H and O–H groups in total. The first kappa shape index (κ1) is 16.0. The van der Waals surface area contributed by atoms with Crippen LogP contribution in [0.2, 0.25) is 0 Å². The van der Waals surface area contributed by atoms with Gasteiger partial charge in [-0.3, -0.25) is 4.79 Å². The third kappa shape index (κ3) is 3.92. The van der Waals surface area contributed by atoms with Crippen LogP contribution in [0, 0.1) is 0 Å². The van der Waals surface area contributed by atoms with Gasteiger partial charge in [0.2, 0.25) is 15.9 Å². The van der Waals surface area contributed by atoms with Crippen molar-refractivity contribution >= 4 is 26.8 Å². The molecule has 1 aromatic heterocycles. The minimum Gasteiger partial charge on any atom is -0.361 e. The summed E-state index contributed by atoms with van der Waals surface area (Å²) in [6, 6.07) is 7.86. The molecule has 0 aliphatic carbocycles.